The van der Waals surface area contributed by atoms with E-state index < -0.39 is 0 Å². The van der Waals surface area contributed by atoms with Crippen LogP contribution in [-0.2, 0) is 0 Å². The molecule has 0 heterocycles. The monoisotopic (exact) mass is 135 g/mol. The lowest BCUT2D eigenvalue weighted by atomic mass is 10.6. The van der Waals surface area contributed by atoms with Crippen molar-refractivity contribution in [2.24, 2.45) is 0 Å². The van der Waals surface area contributed by atoms with E-state index in [-0.39, 0.29) is 0 Å². The van der Waals surface area contributed by atoms with E-state index in [2.05, 4.69) is 19.4 Å². The molecule has 0 rings (SSSR count). The molecule has 0 aliphatic rings. The van der Waals surface area contributed by atoms with Gasteiger partial charge in [0.15, 0.2) is 0 Å². The average molecular weight is 135 g/mol. The third kappa shape index (κ3) is 3.30. The SMILES string of the molecule is [CH2]CC(SC)SC. The third-order valence-electron chi connectivity index (χ3n) is 0.761. The summed E-state index contributed by atoms with van der Waals surface area (Å²) < 4.78 is 0.708. The normalized spacial score (nSPS) is 10.3. The molecule has 7 heavy (non-hydrogen) atoms. The van der Waals surface area contributed by atoms with Crippen molar-refractivity contribution in [3.63, 3.8) is 0 Å². The fourth-order valence-electron chi connectivity index (χ4n) is 0.332. The van der Waals surface area contributed by atoms with E-state index >= 15 is 0 Å². The van der Waals surface area contributed by atoms with E-state index in [0.29, 0.717) is 4.58 Å². The van der Waals surface area contributed by atoms with Gasteiger partial charge >= 0.3 is 0 Å². The Morgan fingerprint density at radius 1 is 1.43 bits per heavy atom. The van der Waals surface area contributed by atoms with Gasteiger partial charge in [-0.25, -0.2) is 0 Å². The highest BCUT2D eigenvalue weighted by Crippen LogP contribution is 2.20. The maximum absolute atomic E-state index is 3.79. The minimum absolute atomic E-state index is 0.708. The lowest BCUT2D eigenvalue weighted by Gasteiger charge is -2.04. The van der Waals surface area contributed by atoms with Crippen LogP contribution in [0.5, 0.6) is 0 Å². The summed E-state index contributed by atoms with van der Waals surface area (Å²) in [6.45, 7) is 3.79. The molecule has 0 nitrogen and oxygen atoms in total. The smallest absolute Gasteiger partial charge is 0.0496 e. The second-order valence-corrected chi connectivity index (χ2v) is 3.57. The Kier molecular flexibility index (Phi) is 5.33. The van der Waals surface area contributed by atoms with Crippen molar-refractivity contribution in [2.75, 3.05) is 12.5 Å². The van der Waals surface area contributed by atoms with Crippen LogP contribution in [0, 0.1) is 6.92 Å². The van der Waals surface area contributed by atoms with E-state index in [0.717, 1.165) is 6.42 Å². The minimum atomic E-state index is 0.708. The lowest BCUT2D eigenvalue weighted by molar-refractivity contribution is 1.18. The zero-order chi connectivity index (χ0) is 5.70. The number of hydrogen-bond donors (Lipinski definition) is 0. The Labute approximate surface area is 54.4 Å². The first-order chi connectivity index (χ1) is 3.35. The first-order valence-corrected chi connectivity index (χ1v) is 4.77. The average Bonchev–Trinajstić information content (AvgIpc) is 1.72. The molecule has 0 fully saturated rings. The topological polar surface area (TPSA) is 0 Å². The maximum Gasteiger partial charge on any atom is 0.0496 e. The van der Waals surface area contributed by atoms with Crippen LogP contribution in [0.15, 0.2) is 0 Å². The molecule has 0 N–H and O–H groups in total. The van der Waals surface area contributed by atoms with Gasteiger partial charge in [-0.1, -0.05) is 6.92 Å². The zero-order valence-corrected chi connectivity index (χ0v) is 6.44. The third-order valence-corrected chi connectivity index (χ3v) is 3.44. The molecule has 0 saturated carbocycles. The van der Waals surface area contributed by atoms with Gasteiger partial charge in [0.2, 0.25) is 0 Å². The molecule has 0 aromatic carbocycles. The van der Waals surface area contributed by atoms with Gasteiger partial charge in [-0.3, -0.25) is 0 Å². The molecule has 0 unspecified atom stereocenters. The highest BCUT2D eigenvalue weighted by molar-refractivity contribution is 8.16. The molecule has 0 saturated heterocycles. The molecule has 0 spiro atoms. The highest BCUT2D eigenvalue weighted by atomic mass is 32.2. The van der Waals surface area contributed by atoms with Crippen molar-refractivity contribution >= 4 is 23.5 Å². The van der Waals surface area contributed by atoms with Crippen LogP contribution in [0.25, 0.3) is 0 Å². The Morgan fingerprint density at radius 2 is 1.86 bits per heavy atom. The molecule has 0 aliphatic carbocycles. The number of rotatable bonds is 3. The van der Waals surface area contributed by atoms with E-state index in [1.165, 1.54) is 0 Å². The van der Waals surface area contributed by atoms with E-state index in [1.807, 2.05) is 23.5 Å². The van der Waals surface area contributed by atoms with Crippen LogP contribution < -0.4 is 0 Å². The van der Waals surface area contributed by atoms with Crippen molar-refractivity contribution in [1.82, 2.24) is 0 Å². The predicted octanol–water partition coefficient (Wildman–Crippen LogP) is 2.26. The quantitative estimate of drug-likeness (QED) is 0.544. The van der Waals surface area contributed by atoms with Gasteiger partial charge in [0.05, 0.1) is 0 Å². The fourth-order valence-corrected chi connectivity index (χ4v) is 1.57. The minimum Gasteiger partial charge on any atom is -0.151 e. The summed E-state index contributed by atoms with van der Waals surface area (Å²) in [6, 6.07) is 0. The van der Waals surface area contributed by atoms with Crippen LogP contribution >= 0.6 is 23.5 Å². The molecule has 43 valence electrons. The van der Waals surface area contributed by atoms with Crippen LogP contribution in [0.4, 0.5) is 0 Å². The van der Waals surface area contributed by atoms with Gasteiger partial charge in [0.25, 0.3) is 0 Å². The summed E-state index contributed by atoms with van der Waals surface area (Å²) in [5, 5.41) is 0. The van der Waals surface area contributed by atoms with E-state index in [1.54, 1.807) is 0 Å². The van der Waals surface area contributed by atoms with Crippen molar-refractivity contribution in [1.29, 1.82) is 0 Å². The van der Waals surface area contributed by atoms with Gasteiger partial charge in [-0.05, 0) is 18.9 Å². The second kappa shape index (κ2) is 4.85. The molecule has 0 atom stereocenters. The Balaban J connectivity index is 2.99. The summed E-state index contributed by atoms with van der Waals surface area (Å²) in [7, 11) is 0. The van der Waals surface area contributed by atoms with Gasteiger partial charge < -0.3 is 0 Å². The molecule has 0 amide bonds. The van der Waals surface area contributed by atoms with Gasteiger partial charge in [0, 0.05) is 4.58 Å². The summed E-state index contributed by atoms with van der Waals surface area (Å²) in [6.07, 6.45) is 5.26. The second-order valence-electron chi connectivity index (χ2n) is 1.19. The largest absolute Gasteiger partial charge is 0.151 e. The lowest BCUT2D eigenvalue weighted by Crippen LogP contribution is -1.89. The molecule has 0 aliphatic heterocycles. The van der Waals surface area contributed by atoms with E-state index in [9.17, 15) is 0 Å². The van der Waals surface area contributed by atoms with Crippen molar-refractivity contribution in [2.45, 2.75) is 11.0 Å². The van der Waals surface area contributed by atoms with Crippen LogP contribution in [0.1, 0.15) is 6.42 Å². The van der Waals surface area contributed by atoms with Gasteiger partial charge in [0.1, 0.15) is 0 Å². The van der Waals surface area contributed by atoms with Gasteiger partial charge in [-0.2, -0.15) is 23.5 Å². The molecule has 0 bridgehead atoms. The standard InChI is InChI=1S/C5H11S2/c1-4-5(6-2)7-3/h5H,1,4H2,2-3H3. The number of thioether (sulfide) groups is 2. The molecular weight excluding hydrogens is 124 g/mol. The molecule has 0 aromatic heterocycles. The molecular formula is C5H11S2. The fraction of sp³-hybridized carbons (Fsp3) is 0.800. The highest BCUT2D eigenvalue weighted by Gasteiger charge is 1.96. The van der Waals surface area contributed by atoms with Crippen molar-refractivity contribution < 1.29 is 0 Å². The Bertz CT molecular complexity index is 27.6. The summed E-state index contributed by atoms with van der Waals surface area (Å²) in [5.74, 6) is 0. The molecule has 1 radical (unpaired) electrons. The Morgan fingerprint density at radius 3 is 1.86 bits per heavy atom. The summed E-state index contributed by atoms with van der Waals surface area (Å²) >= 11 is 3.74. The van der Waals surface area contributed by atoms with Crippen LogP contribution in [-0.4, -0.2) is 17.1 Å². The van der Waals surface area contributed by atoms with Gasteiger partial charge in [-0.15, -0.1) is 0 Å². The van der Waals surface area contributed by atoms with Crippen molar-refractivity contribution in [3.05, 3.63) is 6.92 Å². The first-order valence-electron chi connectivity index (χ1n) is 2.20. The number of hydrogen-bond acceptors (Lipinski definition) is 2. The zero-order valence-electron chi connectivity index (χ0n) is 4.81. The molecule has 0 aromatic rings. The van der Waals surface area contributed by atoms with E-state index in [4.69, 9.17) is 0 Å². The van der Waals surface area contributed by atoms with Crippen molar-refractivity contribution in [3.8, 4) is 0 Å². The predicted molar refractivity (Wildman–Crippen MR) is 40.8 cm³/mol. The summed E-state index contributed by atoms with van der Waals surface area (Å²) in [5.41, 5.74) is 0. The first kappa shape index (κ1) is 7.70. The van der Waals surface area contributed by atoms with Crippen LogP contribution in [0.2, 0.25) is 0 Å². The maximum atomic E-state index is 3.79. The Hall–Kier alpha value is 0.700. The summed E-state index contributed by atoms with van der Waals surface area (Å²) in [4.78, 5) is 0. The van der Waals surface area contributed by atoms with Crippen LogP contribution in [0.3, 0.4) is 0 Å². The molecule has 2 heteroatoms.